The first kappa shape index (κ1) is 20.9. The van der Waals surface area contributed by atoms with Crippen molar-refractivity contribution < 1.29 is 19.1 Å². The first-order chi connectivity index (χ1) is 14.4. The van der Waals surface area contributed by atoms with Crippen molar-refractivity contribution in [2.75, 3.05) is 5.32 Å². The molecule has 4 rings (SSSR count). The van der Waals surface area contributed by atoms with E-state index in [0.717, 1.165) is 31.2 Å². The van der Waals surface area contributed by atoms with Crippen LogP contribution in [0.25, 0.3) is 0 Å². The van der Waals surface area contributed by atoms with Gasteiger partial charge in [-0.1, -0.05) is 42.6 Å². The van der Waals surface area contributed by atoms with Gasteiger partial charge in [0.05, 0.1) is 11.3 Å². The average molecular weight is 430 g/mol. The fraction of sp³-hybridized carbons (Fsp3) is 0.417. The van der Waals surface area contributed by atoms with Gasteiger partial charge >= 0.3 is 5.97 Å². The zero-order valence-electron chi connectivity index (χ0n) is 16.7. The molecule has 158 valence electrons. The van der Waals surface area contributed by atoms with Gasteiger partial charge in [-0.25, -0.2) is 4.39 Å². The number of halogens is 2. The fourth-order valence-corrected chi connectivity index (χ4v) is 4.80. The van der Waals surface area contributed by atoms with Crippen LogP contribution in [-0.2, 0) is 16.0 Å². The summed E-state index contributed by atoms with van der Waals surface area (Å²) in [5.41, 5.74) is 1.20. The van der Waals surface area contributed by atoms with E-state index in [1.54, 1.807) is 18.2 Å². The number of aliphatic carboxylic acids is 1. The van der Waals surface area contributed by atoms with Gasteiger partial charge in [-0.15, -0.1) is 0 Å². The third-order valence-corrected chi connectivity index (χ3v) is 6.73. The summed E-state index contributed by atoms with van der Waals surface area (Å²) in [4.78, 5) is 24.7. The molecule has 1 atom stereocenters. The normalized spacial score (nSPS) is 18.7. The lowest BCUT2D eigenvalue weighted by atomic mass is 9.83. The van der Waals surface area contributed by atoms with E-state index in [1.165, 1.54) is 6.07 Å². The second-order valence-corrected chi connectivity index (χ2v) is 9.08. The van der Waals surface area contributed by atoms with Gasteiger partial charge in [0, 0.05) is 16.3 Å². The molecular formula is C24H25ClFNO3. The highest BCUT2D eigenvalue weighted by molar-refractivity contribution is 6.30. The predicted molar refractivity (Wildman–Crippen MR) is 114 cm³/mol. The molecule has 2 fully saturated rings. The van der Waals surface area contributed by atoms with Crippen molar-refractivity contribution >= 4 is 29.2 Å². The molecule has 0 aromatic heterocycles. The molecule has 2 aliphatic rings. The lowest BCUT2D eigenvalue weighted by molar-refractivity contribution is -0.143. The number of carbonyl (C=O) groups excluding carboxylic acids is 1. The van der Waals surface area contributed by atoms with Crippen LogP contribution < -0.4 is 5.32 Å². The second-order valence-electron chi connectivity index (χ2n) is 8.64. The van der Waals surface area contributed by atoms with Crippen LogP contribution in [0.3, 0.4) is 0 Å². The molecule has 2 aliphatic carbocycles. The van der Waals surface area contributed by atoms with E-state index in [0.29, 0.717) is 35.5 Å². The SMILES string of the molecule is O=C(Nc1cccc(CC2(C(=O)O)CC2)c1)[C@H](c1ccc(Cl)cc1F)C1CCCC1. The number of hydrogen-bond acceptors (Lipinski definition) is 2. The zero-order valence-corrected chi connectivity index (χ0v) is 17.4. The summed E-state index contributed by atoms with van der Waals surface area (Å²) in [7, 11) is 0. The van der Waals surface area contributed by atoms with E-state index in [1.807, 2.05) is 18.2 Å². The smallest absolute Gasteiger partial charge is 0.309 e. The van der Waals surface area contributed by atoms with E-state index < -0.39 is 23.1 Å². The van der Waals surface area contributed by atoms with Crippen molar-refractivity contribution in [1.82, 2.24) is 0 Å². The molecule has 6 heteroatoms. The topological polar surface area (TPSA) is 66.4 Å². The summed E-state index contributed by atoms with van der Waals surface area (Å²) in [6.45, 7) is 0. The Balaban J connectivity index is 1.55. The molecular weight excluding hydrogens is 405 g/mol. The molecule has 30 heavy (non-hydrogen) atoms. The van der Waals surface area contributed by atoms with Gasteiger partial charge in [0.15, 0.2) is 0 Å². The number of anilines is 1. The van der Waals surface area contributed by atoms with Crippen molar-refractivity contribution in [1.29, 1.82) is 0 Å². The van der Waals surface area contributed by atoms with Crippen molar-refractivity contribution in [2.24, 2.45) is 11.3 Å². The average Bonchev–Trinajstić information content (AvgIpc) is 3.28. The minimum atomic E-state index is -0.767. The molecule has 2 N–H and O–H groups in total. The van der Waals surface area contributed by atoms with Crippen LogP contribution in [-0.4, -0.2) is 17.0 Å². The zero-order chi connectivity index (χ0) is 21.3. The lowest BCUT2D eigenvalue weighted by Crippen LogP contribution is -2.27. The van der Waals surface area contributed by atoms with Crippen LogP contribution >= 0.6 is 11.6 Å². The molecule has 4 nitrogen and oxygen atoms in total. The maximum absolute atomic E-state index is 14.7. The molecule has 0 saturated heterocycles. The van der Waals surface area contributed by atoms with Crippen molar-refractivity contribution in [3.8, 4) is 0 Å². The minimum Gasteiger partial charge on any atom is -0.481 e. The molecule has 0 heterocycles. The Labute approximate surface area is 180 Å². The summed E-state index contributed by atoms with van der Waals surface area (Å²) in [6.07, 6.45) is 5.66. The molecule has 0 unspecified atom stereocenters. The monoisotopic (exact) mass is 429 g/mol. The van der Waals surface area contributed by atoms with Gasteiger partial charge in [-0.05, 0) is 67.9 Å². The molecule has 0 aliphatic heterocycles. The summed E-state index contributed by atoms with van der Waals surface area (Å²) >= 11 is 5.91. The Hall–Kier alpha value is -2.40. The number of carbonyl (C=O) groups is 2. The van der Waals surface area contributed by atoms with Gasteiger partial charge in [-0.3, -0.25) is 9.59 Å². The van der Waals surface area contributed by atoms with E-state index >= 15 is 0 Å². The Morgan fingerprint density at radius 1 is 1.17 bits per heavy atom. The first-order valence-electron chi connectivity index (χ1n) is 10.5. The molecule has 0 spiro atoms. The summed E-state index contributed by atoms with van der Waals surface area (Å²) in [5, 5.41) is 12.7. The van der Waals surface area contributed by atoms with Crippen LogP contribution in [0, 0.1) is 17.2 Å². The third kappa shape index (κ3) is 4.36. The summed E-state index contributed by atoms with van der Waals surface area (Å²) in [5.74, 6) is -1.95. The number of carboxylic acids is 1. The summed E-state index contributed by atoms with van der Waals surface area (Å²) < 4.78 is 14.7. The van der Waals surface area contributed by atoms with E-state index in [-0.39, 0.29) is 11.8 Å². The number of carboxylic acid groups (broad SMARTS) is 1. The summed E-state index contributed by atoms with van der Waals surface area (Å²) in [6, 6.07) is 11.8. The largest absolute Gasteiger partial charge is 0.481 e. The number of hydrogen-bond donors (Lipinski definition) is 2. The van der Waals surface area contributed by atoms with Crippen molar-refractivity contribution in [3.05, 3.63) is 64.4 Å². The molecule has 0 radical (unpaired) electrons. The van der Waals surface area contributed by atoms with Crippen LogP contribution in [0.1, 0.15) is 55.6 Å². The highest BCUT2D eigenvalue weighted by Gasteiger charge is 2.50. The molecule has 1 amide bonds. The van der Waals surface area contributed by atoms with Crippen molar-refractivity contribution in [2.45, 2.75) is 50.9 Å². The Morgan fingerprint density at radius 3 is 2.53 bits per heavy atom. The van der Waals surface area contributed by atoms with Crippen molar-refractivity contribution in [3.63, 3.8) is 0 Å². The molecule has 0 bridgehead atoms. The van der Waals surface area contributed by atoms with E-state index in [4.69, 9.17) is 11.6 Å². The van der Waals surface area contributed by atoms with Gasteiger partial charge < -0.3 is 10.4 Å². The van der Waals surface area contributed by atoms with Gasteiger partial charge in [0.25, 0.3) is 0 Å². The fourth-order valence-electron chi connectivity index (χ4n) is 4.64. The Bertz CT molecular complexity index is 967. The molecule has 2 aromatic rings. The number of amides is 1. The maximum Gasteiger partial charge on any atom is 0.309 e. The quantitative estimate of drug-likeness (QED) is 0.584. The number of nitrogens with one attached hydrogen (secondary N) is 1. The highest BCUT2D eigenvalue weighted by atomic mass is 35.5. The first-order valence-corrected chi connectivity index (χ1v) is 10.8. The van der Waals surface area contributed by atoms with Gasteiger partial charge in [0.2, 0.25) is 5.91 Å². The lowest BCUT2D eigenvalue weighted by Gasteiger charge is -2.24. The number of benzene rings is 2. The van der Waals surface area contributed by atoms with Crippen LogP contribution in [0.4, 0.5) is 10.1 Å². The van der Waals surface area contributed by atoms with Gasteiger partial charge in [0.1, 0.15) is 5.82 Å². The van der Waals surface area contributed by atoms with E-state index in [9.17, 15) is 19.1 Å². The Morgan fingerprint density at radius 2 is 1.90 bits per heavy atom. The van der Waals surface area contributed by atoms with E-state index in [2.05, 4.69) is 5.32 Å². The Kier molecular flexibility index (Phi) is 5.83. The minimum absolute atomic E-state index is 0.0885. The second kappa shape index (κ2) is 8.38. The maximum atomic E-state index is 14.7. The molecule has 2 saturated carbocycles. The third-order valence-electron chi connectivity index (χ3n) is 6.50. The standard InChI is InChI=1S/C24H25ClFNO3/c25-17-8-9-19(20(26)13-17)21(16-5-1-2-6-16)22(28)27-18-7-3-4-15(12-18)14-24(10-11-24)23(29)30/h3-4,7-9,12-13,16,21H,1-2,5-6,10-11,14H2,(H,27,28)(H,29,30)/t21-/m0/s1. The highest BCUT2D eigenvalue weighted by Crippen LogP contribution is 2.48. The number of rotatable bonds is 7. The van der Waals surface area contributed by atoms with Gasteiger partial charge in [-0.2, -0.15) is 0 Å². The predicted octanol–water partition coefficient (Wildman–Crippen LogP) is 5.80. The molecule has 2 aromatic carbocycles. The van der Waals surface area contributed by atoms with Crippen LogP contribution in [0.5, 0.6) is 0 Å². The van der Waals surface area contributed by atoms with Crippen LogP contribution in [0.15, 0.2) is 42.5 Å². The van der Waals surface area contributed by atoms with Crippen LogP contribution in [0.2, 0.25) is 5.02 Å².